The number of nitrogens with one attached hydrogen (secondary N) is 1. The summed E-state index contributed by atoms with van der Waals surface area (Å²) >= 11 is 0. The van der Waals surface area contributed by atoms with Crippen molar-refractivity contribution in [2.24, 2.45) is 0 Å². The van der Waals surface area contributed by atoms with E-state index in [1.165, 1.54) is 0 Å². The van der Waals surface area contributed by atoms with E-state index in [1.807, 2.05) is 0 Å². The summed E-state index contributed by atoms with van der Waals surface area (Å²) in [6, 6.07) is 6.52. The number of carbonyl (C=O) groups excluding carboxylic acids is 1. The average molecular weight is 369 g/mol. The van der Waals surface area contributed by atoms with Crippen LogP contribution in [0.2, 0.25) is 0 Å². The first-order valence-electron chi connectivity index (χ1n) is 8.33. The molecule has 1 aliphatic carbocycles. The smallest absolute Gasteiger partial charge is 0.303 e. The average Bonchev–Trinajstić information content (AvgIpc) is 3.07. The van der Waals surface area contributed by atoms with Gasteiger partial charge in [0.25, 0.3) is 0 Å². The van der Waals surface area contributed by atoms with Crippen LogP contribution in [0.5, 0.6) is 5.75 Å². The van der Waals surface area contributed by atoms with E-state index in [0.717, 1.165) is 12.8 Å². The van der Waals surface area contributed by atoms with Crippen LogP contribution in [0.4, 0.5) is 5.69 Å². The van der Waals surface area contributed by atoms with Crippen molar-refractivity contribution in [3.63, 3.8) is 0 Å². The van der Waals surface area contributed by atoms with Crippen molar-refractivity contribution >= 4 is 27.4 Å². The molecule has 7 nitrogen and oxygen atoms in total. The van der Waals surface area contributed by atoms with Crippen LogP contribution in [0.15, 0.2) is 24.3 Å². The molecule has 138 valence electrons. The van der Waals surface area contributed by atoms with Crippen molar-refractivity contribution in [1.82, 2.24) is 0 Å². The lowest BCUT2D eigenvalue weighted by Gasteiger charge is -2.11. The summed E-state index contributed by atoms with van der Waals surface area (Å²) in [6.45, 7) is 0.289. The predicted molar refractivity (Wildman–Crippen MR) is 93.5 cm³/mol. The summed E-state index contributed by atoms with van der Waals surface area (Å²) < 4.78 is 29.7. The molecule has 1 aromatic rings. The molecule has 8 heteroatoms. The van der Waals surface area contributed by atoms with Gasteiger partial charge in [-0.2, -0.15) is 0 Å². The Morgan fingerprint density at radius 2 is 1.80 bits per heavy atom. The largest absolute Gasteiger partial charge is 0.494 e. The maximum atomic E-state index is 12.2. The van der Waals surface area contributed by atoms with Gasteiger partial charge < -0.3 is 15.2 Å². The van der Waals surface area contributed by atoms with E-state index in [2.05, 4.69) is 5.32 Å². The molecule has 1 aromatic carbocycles. The van der Waals surface area contributed by atoms with Gasteiger partial charge in [-0.15, -0.1) is 0 Å². The zero-order valence-corrected chi connectivity index (χ0v) is 14.8. The Morgan fingerprint density at radius 3 is 2.40 bits per heavy atom. The molecule has 0 heterocycles. The number of amides is 1. The Morgan fingerprint density at radius 1 is 1.16 bits per heavy atom. The molecular weight excluding hydrogens is 346 g/mol. The first-order valence-corrected chi connectivity index (χ1v) is 10.0. The number of benzene rings is 1. The van der Waals surface area contributed by atoms with E-state index in [9.17, 15) is 18.0 Å². The molecule has 0 bridgehead atoms. The number of aliphatic carboxylic acids is 1. The topological polar surface area (TPSA) is 110 Å². The van der Waals surface area contributed by atoms with Gasteiger partial charge in [0.1, 0.15) is 11.5 Å². The van der Waals surface area contributed by atoms with E-state index in [0.29, 0.717) is 30.7 Å². The van der Waals surface area contributed by atoms with Gasteiger partial charge in [0.15, 0.2) is 9.84 Å². The highest BCUT2D eigenvalue weighted by molar-refractivity contribution is 7.92. The summed E-state index contributed by atoms with van der Waals surface area (Å²) in [5.74, 6) is -1.34. The normalized spacial score (nSPS) is 15.0. The molecular formula is C17H23NO6S. The molecule has 0 unspecified atom stereocenters. The van der Waals surface area contributed by atoms with Gasteiger partial charge in [0.05, 0.1) is 11.9 Å². The van der Waals surface area contributed by atoms with Crippen molar-refractivity contribution in [3.8, 4) is 5.75 Å². The minimum Gasteiger partial charge on any atom is -0.494 e. The van der Waals surface area contributed by atoms with Crippen LogP contribution in [-0.2, 0) is 19.4 Å². The fraction of sp³-hybridized carbons (Fsp3) is 0.529. The number of carboxylic acids is 1. The quantitative estimate of drug-likeness (QED) is 0.646. The number of rotatable bonds is 9. The van der Waals surface area contributed by atoms with Crippen molar-refractivity contribution in [1.29, 1.82) is 0 Å². The third kappa shape index (κ3) is 6.38. The highest BCUT2D eigenvalue weighted by atomic mass is 32.2. The van der Waals surface area contributed by atoms with Gasteiger partial charge in [-0.3, -0.25) is 9.59 Å². The third-order valence-electron chi connectivity index (χ3n) is 4.08. The lowest BCUT2D eigenvalue weighted by Crippen LogP contribution is -2.29. The van der Waals surface area contributed by atoms with Crippen LogP contribution < -0.4 is 10.1 Å². The second kappa shape index (κ2) is 8.84. The monoisotopic (exact) mass is 369 g/mol. The molecule has 2 N–H and O–H groups in total. The fourth-order valence-electron chi connectivity index (χ4n) is 2.79. The molecule has 25 heavy (non-hydrogen) atoms. The first-order chi connectivity index (χ1) is 11.9. The Hall–Kier alpha value is -2.09. The zero-order chi connectivity index (χ0) is 18.3. The molecule has 0 saturated heterocycles. The number of carbonyl (C=O) groups is 2. The molecule has 1 aliphatic rings. The van der Waals surface area contributed by atoms with Crippen LogP contribution in [0.1, 0.15) is 38.5 Å². The Bertz CT molecular complexity index is 692. The van der Waals surface area contributed by atoms with E-state index < -0.39 is 27.5 Å². The molecule has 2 rings (SSSR count). The number of hydrogen-bond donors (Lipinski definition) is 2. The van der Waals surface area contributed by atoms with Gasteiger partial charge in [-0.25, -0.2) is 8.42 Å². The molecule has 0 atom stereocenters. The number of anilines is 1. The number of hydrogen-bond acceptors (Lipinski definition) is 5. The van der Waals surface area contributed by atoms with E-state index in [1.54, 1.807) is 24.3 Å². The Balaban J connectivity index is 1.80. The second-order valence-corrected chi connectivity index (χ2v) is 8.41. The molecule has 1 saturated carbocycles. The minimum absolute atomic E-state index is 0.0452. The molecule has 0 aliphatic heterocycles. The summed E-state index contributed by atoms with van der Waals surface area (Å²) in [5.41, 5.74) is 0.490. The lowest BCUT2D eigenvalue weighted by molar-refractivity contribution is -0.137. The lowest BCUT2D eigenvalue weighted by atomic mass is 10.3. The number of carboxylic acid groups (broad SMARTS) is 1. The minimum atomic E-state index is -3.39. The van der Waals surface area contributed by atoms with Gasteiger partial charge in [0, 0.05) is 12.1 Å². The van der Waals surface area contributed by atoms with Crippen LogP contribution >= 0.6 is 0 Å². The SMILES string of the molecule is O=C(O)CCCOc1ccc(NC(=O)CS(=O)(=O)C2CCCC2)cc1. The zero-order valence-electron chi connectivity index (χ0n) is 13.9. The van der Waals surface area contributed by atoms with E-state index in [-0.39, 0.29) is 18.3 Å². The van der Waals surface area contributed by atoms with Crippen LogP contribution in [0, 0.1) is 0 Å². The predicted octanol–water partition coefficient (Wildman–Crippen LogP) is 2.23. The van der Waals surface area contributed by atoms with E-state index >= 15 is 0 Å². The second-order valence-electron chi connectivity index (χ2n) is 6.13. The highest BCUT2D eigenvalue weighted by Crippen LogP contribution is 2.25. The Labute approximate surface area is 147 Å². The van der Waals surface area contributed by atoms with Crippen molar-refractivity contribution in [2.75, 3.05) is 17.7 Å². The van der Waals surface area contributed by atoms with Crippen molar-refractivity contribution < 1.29 is 27.9 Å². The number of sulfone groups is 1. The van der Waals surface area contributed by atoms with Crippen LogP contribution in [0.3, 0.4) is 0 Å². The first kappa shape index (κ1) is 19.2. The maximum absolute atomic E-state index is 12.2. The number of ether oxygens (including phenoxy) is 1. The van der Waals surface area contributed by atoms with Gasteiger partial charge in [-0.05, 0) is 43.5 Å². The van der Waals surface area contributed by atoms with E-state index in [4.69, 9.17) is 9.84 Å². The Kier molecular flexibility index (Phi) is 6.81. The van der Waals surface area contributed by atoms with Crippen molar-refractivity contribution in [2.45, 2.75) is 43.8 Å². The van der Waals surface area contributed by atoms with Gasteiger partial charge in [-0.1, -0.05) is 12.8 Å². The summed E-state index contributed by atoms with van der Waals surface area (Å²) in [7, 11) is -3.39. The van der Waals surface area contributed by atoms with Gasteiger partial charge >= 0.3 is 5.97 Å². The standard InChI is InChI=1S/C17H23NO6S/c19-16(12-25(22,23)15-4-1-2-5-15)18-13-7-9-14(10-8-13)24-11-3-6-17(20)21/h7-10,15H,1-6,11-12H2,(H,18,19)(H,20,21). The third-order valence-corrected chi connectivity index (χ3v) is 6.24. The molecule has 1 amide bonds. The molecule has 1 fully saturated rings. The van der Waals surface area contributed by atoms with Crippen molar-refractivity contribution in [3.05, 3.63) is 24.3 Å². The summed E-state index contributed by atoms with van der Waals surface area (Å²) in [4.78, 5) is 22.4. The van der Waals surface area contributed by atoms with Crippen LogP contribution in [-0.4, -0.2) is 43.0 Å². The fourth-order valence-corrected chi connectivity index (χ4v) is 4.52. The van der Waals surface area contributed by atoms with Crippen LogP contribution in [0.25, 0.3) is 0 Å². The molecule has 0 spiro atoms. The summed E-state index contributed by atoms with van der Waals surface area (Å²) in [5, 5.41) is 10.7. The van der Waals surface area contributed by atoms with Gasteiger partial charge in [0.2, 0.25) is 5.91 Å². The molecule has 0 aromatic heterocycles. The summed E-state index contributed by atoms with van der Waals surface area (Å²) in [6.07, 6.45) is 3.54. The maximum Gasteiger partial charge on any atom is 0.303 e. The molecule has 0 radical (unpaired) electrons. The highest BCUT2D eigenvalue weighted by Gasteiger charge is 2.30.